The van der Waals surface area contributed by atoms with Gasteiger partial charge in [-0.05, 0) is 25.0 Å². The zero-order valence-electron chi connectivity index (χ0n) is 9.19. The topological polar surface area (TPSA) is 57.9 Å². The van der Waals surface area contributed by atoms with Crippen LogP contribution in [0.3, 0.4) is 0 Å². The number of nitrogens with zero attached hydrogens (tertiary/aromatic N) is 2. The fourth-order valence-corrected chi connectivity index (χ4v) is 2.34. The number of hydrogen-bond donors (Lipinski definition) is 2. The molecule has 3 rings (SSSR count). The number of hydrogen-bond acceptors (Lipinski definition) is 3. The second-order valence-electron chi connectivity index (χ2n) is 4.45. The molecule has 3 N–H and O–H groups in total. The summed E-state index contributed by atoms with van der Waals surface area (Å²) in [6, 6.07) is 8.18. The highest BCUT2D eigenvalue weighted by Gasteiger charge is 2.21. The number of benzene rings is 1. The second-order valence-corrected chi connectivity index (χ2v) is 4.45. The van der Waals surface area contributed by atoms with Gasteiger partial charge in [0.15, 0.2) is 0 Å². The smallest absolute Gasteiger partial charge is 0.110 e. The van der Waals surface area contributed by atoms with Crippen LogP contribution < -0.4 is 5.84 Å². The molecule has 4 nitrogen and oxygen atoms in total. The zero-order valence-corrected chi connectivity index (χ0v) is 9.19. The number of piperidine rings is 1. The largest absolute Gasteiger partial charge is 0.342 e. The van der Waals surface area contributed by atoms with Gasteiger partial charge in [-0.1, -0.05) is 12.1 Å². The maximum absolute atomic E-state index is 5.75. The molecule has 0 unspecified atom stereocenters. The third-order valence-electron chi connectivity index (χ3n) is 3.32. The van der Waals surface area contributed by atoms with Crippen molar-refractivity contribution in [3.63, 3.8) is 0 Å². The molecule has 0 radical (unpaired) electrons. The van der Waals surface area contributed by atoms with E-state index in [4.69, 9.17) is 5.84 Å². The van der Waals surface area contributed by atoms with Crippen molar-refractivity contribution >= 4 is 11.0 Å². The molecule has 1 fully saturated rings. The Bertz CT molecular complexity index is 449. The molecule has 0 bridgehead atoms. The lowest BCUT2D eigenvalue weighted by Crippen LogP contribution is -2.38. The van der Waals surface area contributed by atoms with Crippen molar-refractivity contribution in [2.24, 2.45) is 5.84 Å². The average Bonchev–Trinajstić information content (AvgIpc) is 2.73. The first-order valence-corrected chi connectivity index (χ1v) is 5.77. The summed E-state index contributed by atoms with van der Waals surface area (Å²) in [4.78, 5) is 8.06. The van der Waals surface area contributed by atoms with Crippen LogP contribution in [0, 0.1) is 0 Å². The normalized spacial score (nSPS) is 19.3. The van der Waals surface area contributed by atoms with Gasteiger partial charge in [0, 0.05) is 19.0 Å². The van der Waals surface area contributed by atoms with E-state index in [9.17, 15) is 0 Å². The fourth-order valence-electron chi connectivity index (χ4n) is 2.34. The molecule has 1 aliphatic heterocycles. The van der Waals surface area contributed by atoms with Crippen molar-refractivity contribution in [1.82, 2.24) is 15.0 Å². The van der Waals surface area contributed by atoms with Crippen LogP contribution in [0.25, 0.3) is 11.0 Å². The van der Waals surface area contributed by atoms with Gasteiger partial charge >= 0.3 is 0 Å². The van der Waals surface area contributed by atoms with E-state index in [1.165, 1.54) is 0 Å². The minimum absolute atomic E-state index is 0.534. The summed E-state index contributed by atoms with van der Waals surface area (Å²) in [5, 5.41) is 1.89. The van der Waals surface area contributed by atoms with Crippen molar-refractivity contribution in [3.05, 3.63) is 30.1 Å². The van der Waals surface area contributed by atoms with Gasteiger partial charge in [-0.15, -0.1) is 0 Å². The van der Waals surface area contributed by atoms with Crippen LogP contribution in [-0.2, 0) is 0 Å². The van der Waals surface area contributed by atoms with Gasteiger partial charge in [-0.2, -0.15) is 0 Å². The minimum atomic E-state index is 0.534. The number of rotatable bonds is 1. The van der Waals surface area contributed by atoms with E-state index in [2.05, 4.69) is 16.0 Å². The monoisotopic (exact) mass is 216 g/mol. The van der Waals surface area contributed by atoms with E-state index in [1.807, 2.05) is 23.2 Å². The predicted octanol–water partition coefficient (Wildman–Crippen LogP) is 1.62. The molecule has 84 valence electrons. The molecule has 0 spiro atoms. The van der Waals surface area contributed by atoms with E-state index >= 15 is 0 Å². The summed E-state index contributed by atoms with van der Waals surface area (Å²) in [6.45, 7) is 1.92. The number of H-pyrrole nitrogens is 1. The number of aromatic amines is 1. The number of nitrogens with two attached hydrogens (primary N) is 1. The first kappa shape index (κ1) is 9.81. The molecule has 2 aromatic rings. The molecule has 0 aliphatic carbocycles. The van der Waals surface area contributed by atoms with Gasteiger partial charge in [0.1, 0.15) is 5.82 Å². The van der Waals surface area contributed by atoms with E-state index < -0.39 is 0 Å². The number of aromatic nitrogens is 2. The number of hydrazine groups is 1. The van der Waals surface area contributed by atoms with E-state index in [0.29, 0.717) is 5.92 Å². The summed E-state index contributed by atoms with van der Waals surface area (Å²) in [6.07, 6.45) is 2.19. The zero-order chi connectivity index (χ0) is 11.0. The van der Waals surface area contributed by atoms with E-state index in [1.54, 1.807) is 0 Å². The highest BCUT2D eigenvalue weighted by molar-refractivity contribution is 5.74. The molecule has 4 heteroatoms. The van der Waals surface area contributed by atoms with Crippen LogP contribution >= 0.6 is 0 Å². The Balaban J connectivity index is 1.88. The van der Waals surface area contributed by atoms with Gasteiger partial charge in [-0.25, -0.2) is 9.99 Å². The average molecular weight is 216 g/mol. The van der Waals surface area contributed by atoms with Gasteiger partial charge in [0.05, 0.1) is 11.0 Å². The summed E-state index contributed by atoms with van der Waals surface area (Å²) < 4.78 is 0. The third kappa shape index (κ3) is 1.70. The molecule has 0 saturated carbocycles. The number of para-hydroxylation sites is 2. The molecule has 1 saturated heterocycles. The number of imidazole rings is 1. The molecular formula is C12H16N4. The van der Waals surface area contributed by atoms with Crippen molar-refractivity contribution < 1.29 is 0 Å². The summed E-state index contributed by atoms with van der Waals surface area (Å²) in [5.74, 6) is 7.41. The molecular weight excluding hydrogens is 200 g/mol. The van der Waals surface area contributed by atoms with Crippen molar-refractivity contribution in [2.45, 2.75) is 18.8 Å². The Kier molecular flexibility index (Phi) is 2.38. The Morgan fingerprint density at radius 2 is 2.00 bits per heavy atom. The Labute approximate surface area is 94.4 Å². The Hall–Kier alpha value is -1.39. The van der Waals surface area contributed by atoms with E-state index in [-0.39, 0.29) is 0 Å². The van der Waals surface area contributed by atoms with Crippen LogP contribution in [0.2, 0.25) is 0 Å². The second kappa shape index (κ2) is 3.88. The SMILES string of the molecule is NN1CCC(c2nc3ccccc3[nH]2)CC1. The minimum Gasteiger partial charge on any atom is -0.342 e. The quantitative estimate of drug-likeness (QED) is 0.712. The van der Waals surface area contributed by atoms with Crippen LogP contribution in [0.1, 0.15) is 24.6 Å². The molecule has 1 aromatic carbocycles. The van der Waals surface area contributed by atoms with Crippen LogP contribution in [0.15, 0.2) is 24.3 Å². The maximum Gasteiger partial charge on any atom is 0.110 e. The standard InChI is InChI=1S/C12H16N4/c13-16-7-5-9(6-8-16)12-14-10-3-1-2-4-11(10)15-12/h1-4,9H,5-8,13H2,(H,14,15). The Morgan fingerprint density at radius 1 is 1.25 bits per heavy atom. The van der Waals surface area contributed by atoms with Crippen LogP contribution in [0.4, 0.5) is 0 Å². The van der Waals surface area contributed by atoms with Crippen LogP contribution in [-0.4, -0.2) is 28.1 Å². The third-order valence-corrected chi connectivity index (χ3v) is 3.32. The number of fused-ring (bicyclic) bond motifs is 1. The lowest BCUT2D eigenvalue weighted by Gasteiger charge is -2.27. The molecule has 1 aliphatic rings. The maximum atomic E-state index is 5.75. The Morgan fingerprint density at radius 3 is 2.75 bits per heavy atom. The van der Waals surface area contributed by atoms with Gasteiger partial charge < -0.3 is 4.98 Å². The lowest BCUT2D eigenvalue weighted by molar-refractivity contribution is 0.214. The van der Waals surface area contributed by atoms with Crippen LogP contribution in [0.5, 0.6) is 0 Å². The summed E-state index contributed by atoms with van der Waals surface area (Å²) in [7, 11) is 0. The van der Waals surface area contributed by atoms with Gasteiger partial charge in [0.2, 0.25) is 0 Å². The molecule has 16 heavy (non-hydrogen) atoms. The fraction of sp³-hybridized carbons (Fsp3) is 0.417. The first-order valence-electron chi connectivity index (χ1n) is 5.77. The highest BCUT2D eigenvalue weighted by atomic mass is 15.4. The molecule has 0 amide bonds. The lowest BCUT2D eigenvalue weighted by atomic mass is 9.97. The first-order chi connectivity index (χ1) is 7.83. The molecule has 0 atom stereocenters. The van der Waals surface area contributed by atoms with Crippen molar-refractivity contribution in [3.8, 4) is 0 Å². The van der Waals surface area contributed by atoms with E-state index in [0.717, 1.165) is 42.8 Å². The van der Waals surface area contributed by atoms with Crippen molar-refractivity contribution in [2.75, 3.05) is 13.1 Å². The number of nitrogens with one attached hydrogen (secondary N) is 1. The highest BCUT2D eigenvalue weighted by Crippen LogP contribution is 2.26. The summed E-state index contributed by atoms with van der Waals surface area (Å²) >= 11 is 0. The molecule has 2 heterocycles. The summed E-state index contributed by atoms with van der Waals surface area (Å²) in [5.41, 5.74) is 2.19. The molecule has 1 aromatic heterocycles. The van der Waals surface area contributed by atoms with Gasteiger partial charge in [-0.3, -0.25) is 5.84 Å². The van der Waals surface area contributed by atoms with Gasteiger partial charge in [0.25, 0.3) is 0 Å². The van der Waals surface area contributed by atoms with Crippen molar-refractivity contribution in [1.29, 1.82) is 0 Å². The predicted molar refractivity (Wildman–Crippen MR) is 63.8 cm³/mol.